The van der Waals surface area contributed by atoms with Crippen LogP contribution in [0.2, 0.25) is 0 Å². The highest BCUT2D eigenvalue weighted by Gasteiger charge is 2.42. The Bertz CT molecular complexity index is 354. The van der Waals surface area contributed by atoms with Gasteiger partial charge in [0.25, 0.3) is 11.6 Å². The third kappa shape index (κ3) is 2.23. The van der Waals surface area contributed by atoms with Crippen LogP contribution < -0.4 is 0 Å². The minimum absolute atomic E-state index is 0.223. The molecule has 0 heterocycles. The van der Waals surface area contributed by atoms with Crippen LogP contribution in [0.15, 0.2) is 36.1 Å². The predicted octanol–water partition coefficient (Wildman–Crippen LogP) is 1.59. The first-order valence-corrected chi connectivity index (χ1v) is 4.89. The van der Waals surface area contributed by atoms with Gasteiger partial charge in [-0.25, -0.2) is 0 Å². The highest BCUT2D eigenvalue weighted by molar-refractivity contribution is 6.02. The van der Waals surface area contributed by atoms with Gasteiger partial charge in [0.15, 0.2) is 5.76 Å². The predicted molar refractivity (Wildman–Crippen MR) is 59.7 cm³/mol. The summed E-state index contributed by atoms with van der Waals surface area (Å²) < 4.78 is 15.6. The molecule has 1 rings (SSSR count). The number of carbonyl (C=O) groups excluding carboxylic acids is 1. The van der Waals surface area contributed by atoms with Crippen molar-refractivity contribution in [3.8, 4) is 0 Å². The molecule has 0 aromatic heterocycles. The van der Waals surface area contributed by atoms with Crippen LogP contribution in [0.5, 0.6) is 0 Å². The van der Waals surface area contributed by atoms with Crippen LogP contribution in [0, 0.1) is 0 Å². The van der Waals surface area contributed by atoms with E-state index in [-0.39, 0.29) is 18.1 Å². The molecule has 0 saturated carbocycles. The second-order valence-electron chi connectivity index (χ2n) is 3.40. The van der Waals surface area contributed by atoms with Gasteiger partial charge in [-0.2, -0.15) is 0 Å². The van der Waals surface area contributed by atoms with Crippen LogP contribution in [-0.2, 0) is 19.0 Å². The SMILES string of the molecule is C=CCOC1(OC)C=C(C)C=C(OC)C1=O. The normalized spacial score (nSPS) is 24.8. The molecule has 0 radical (unpaired) electrons. The number of rotatable bonds is 5. The van der Waals surface area contributed by atoms with Gasteiger partial charge >= 0.3 is 0 Å². The van der Waals surface area contributed by atoms with Crippen molar-refractivity contribution in [2.75, 3.05) is 20.8 Å². The molecule has 1 unspecified atom stereocenters. The van der Waals surface area contributed by atoms with Crippen molar-refractivity contribution >= 4 is 5.78 Å². The summed E-state index contributed by atoms with van der Waals surface area (Å²) in [4.78, 5) is 12.0. The molecular weight excluding hydrogens is 208 g/mol. The lowest BCUT2D eigenvalue weighted by Gasteiger charge is -2.30. The number of Topliss-reactive ketones (excluding diaryl/α,β-unsaturated/α-hetero) is 1. The molecule has 88 valence electrons. The maximum Gasteiger partial charge on any atom is 0.260 e. The van der Waals surface area contributed by atoms with E-state index in [1.807, 2.05) is 6.92 Å². The maximum absolute atomic E-state index is 12.0. The summed E-state index contributed by atoms with van der Waals surface area (Å²) in [7, 11) is 2.86. The van der Waals surface area contributed by atoms with E-state index in [0.29, 0.717) is 0 Å². The molecule has 4 nitrogen and oxygen atoms in total. The lowest BCUT2D eigenvalue weighted by molar-refractivity contribution is -0.191. The van der Waals surface area contributed by atoms with Gasteiger partial charge in [-0.05, 0) is 24.6 Å². The summed E-state index contributed by atoms with van der Waals surface area (Å²) >= 11 is 0. The van der Waals surface area contributed by atoms with Gasteiger partial charge in [-0.1, -0.05) is 6.08 Å². The maximum atomic E-state index is 12.0. The Morgan fingerprint density at radius 2 is 2.19 bits per heavy atom. The van der Waals surface area contributed by atoms with Crippen molar-refractivity contribution in [1.82, 2.24) is 0 Å². The number of hydrogen-bond acceptors (Lipinski definition) is 4. The second-order valence-corrected chi connectivity index (χ2v) is 3.40. The largest absolute Gasteiger partial charge is 0.493 e. The van der Waals surface area contributed by atoms with Crippen molar-refractivity contribution in [3.05, 3.63) is 36.1 Å². The molecule has 0 amide bonds. The Morgan fingerprint density at radius 1 is 1.50 bits per heavy atom. The third-order valence-electron chi connectivity index (χ3n) is 2.26. The molecule has 0 saturated heterocycles. The fraction of sp³-hybridized carbons (Fsp3) is 0.417. The van der Waals surface area contributed by atoms with Crippen LogP contribution in [0.25, 0.3) is 0 Å². The number of allylic oxidation sites excluding steroid dienone is 2. The first-order valence-electron chi connectivity index (χ1n) is 4.89. The van der Waals surface area contributed by atoms with Crippen LogP contribution in [0.1, 0.15) is 6.92 Å². The van der Waals surface area contributed by atoms with Gasteiger partial charge in [0.1, 0.15) is 0 Å². The zero-order valence-corrected chi connectivity index (χ0v) is 9.78. The molecule has 0 aliphatic heterocycles. The van der Waals surface area contributed by atoms with Gasteiger partial charge < -0.3 is 14.2 Å². The van der Waals surface area contributed by atoms with Crippen molar-refractivity contribution in [2.45, 2.75) is 12.7 Å². The van der Waals surface area contributed by atoms with Crippen LogP contribution >= 0.6 is 0 Å². The molecule has 0 aromatic carbocycles. The van der Waals surface area contributed by atoms with E-state index in [4.69, 9.17) is 14.2 Å². The number of methoxy groups -OCH3 is 2. The van der Waals surface area contributed by atoms with Crippen molar-refractivity contribution in [2.24, 2.45) is 0 Å². The highest BCUT2D eigenvalue weighted by atomic mass is 16.7. The zero-order chi connectivity index (χ0) is 12.2. The molecule has 0 N–H and O–H groups in total. The smallest absolute Gasteiger partial charge is 0.260 e. The van der Waals surface area contributed by atoms with Crippen LogP contribution in [0.3, 0.4) is 0 Å². The quantitative estimate of drug-likeness (QED) is 0.525. The van der Waals surface area contributed by atoms with E-state index in [2.05, 4.69) is 6.58 Å². The number of ether oxygens (including phenoxy) is 3. The molecule has 0 bridgehead atoms. The Hall–Kier alpha value is -1.39. The molecule has 1 atom stereocenters. The van der Waals surface area contributed by atoms with E-state index in [0.717, 1.165) is 5.57 Å². The fourth-order valence-corrected chi connectivity index (χ4v) is 1.50. The molecule has 16 heavy (non-hydrogen) atoms. The molecule has 1 aliphatic rings. The Labute approximate surface area is 95.2 Å². The Morgan fingerprint density at radius 3 is 2.69 bits per heavy atom. The van der Waals surface area contributed by atoms with Gasteiger partial charge in [0.05, 0.1) is 13.7 Å². The second kappa shape index (κ2) is 5.09. The van der Waals surface area contributed by atoms with Crippen LogP contribution in [0.4, 0.5) is 0 Å². The van der Waals surface area contributed by atoms with Crippen molar-refractivity contribution in [1.29, 1.82) is 0 Å². The monoisotopic (exact) mass is 224 g/mol. The fourth-order valence-electron chi connectivity index (χ4n) is 1.50. The first-order chi connectivity index (χ1) is 7.59. The Kier molecular flexibility index (Phi) is 4.04. The minimum Gasteiger partial charge on any atom is -0.493 e. The minimum atomic E-state index is -1.39. The average molecular weight is 224 g/mol. The number of ketones is 1. The van der Waals surface area contributed by atoms with E-state index in [1.165, 1.54) is 14.2 Å². The summed E-state index contributed by atoms with van der Waals surface area (Å²) in [6.45, 7) is 5.60. The molecular formula is C12H16O4. The first kappa shape index (κ1) is 12.7. The molecule has 0 fully saturated rings. The average Bonchev–Trinajstić information content (AvgIpc) is 2.30. The summed E-state index contributed by atoms with van der Waals surface area (Å²) in [6.07, 6.45) is 4.83. The number of hydrogen-bond donors (Lipinski definition) is 0. The number of carbonyl (C=O) groups is 1. The zero-order valence-electron chi connectivity index (χ0n) is 9.78. The third-order valence-corrected chi connectivity index (χ3v) is 2.26. The lowest BCUT2D eigenvalue weighted by Crippen LogP contribution is -2.44. The Balaban J connectivity index is 3.06. The van der Waals surface area contributed by atoms with E-state index < -0.39 is 5.79 Å². The van der Waals surface area contributed by atoms with Gasteiger partial charge in [0, 0.05) is 7.11 Å². The van der Waals surface area contributed by atoms with E-state index in [1.54, 1.807) is 18.2 Å². The topological polar surface area (TPSA) is 44.8 Å². The summed E-state index contributed by atoms with van der Waals surface area (Å²) in [5.41, 5.74) is 0.849. The van der Waals surface area contributed by atoms with Crippen molar-refractivity contribution in [3.63, 3.8) is 0 Å². The molecule has 0 aromatic rings. The standard InChI is InChI=1S/C12H16O4/c1-5-6-16-12(15-4)8-9(2)7-10(14-3)11(12)13/h5,7-8H,1,6H2,2-4H3. The molecule has 0 spiro atoms. The van der Waals surface area contributed by atoms with Crippen molar-refractivity contribution < 1.29 is 19.0 Å². The molecule has 1 aliphatic carbocycles. The molecule has 4 heteroatoms. The highest BCUT2D eigenvalue weighted by Crippen LogP contribution is 2.27. The van der Waals surface area contributed by atoms with Crippen LogP contribution in [-0.4, -0.2) is 32.4 Å². The summed E-state index contributed by atoms with van der Waals surface area (Å²) in [6, 6.07) is 0. The van der Waals surface area contributed by atoms with Gasteiger partial charge in [-0.3, -0.25) is 4.79 Å². The van der Waals surface area contributed by atoms with Gasteiger partial charge in [0.2, 0.25) is 0 Å². The van der Waals surface area contributed by atoms with Gasteiger partial charge in [-0.15, -0.1) is 6.58 Å². The van der Waals surface area contributed by atoms with E-state index >= 15 is 0 Å². The van der Waals surface area contributed by atoms with E-state index in [9.17, 15) is 4.79 Å². The lowest BCUT2D eigenvalue weighted by atomic mass is 9.99. The summed E-state index contributed by atoms with van der Waals surface area (Å²) in [5, 5.41) is 0. The summed E-state index contributed by atoms with van der Waals surface area (Å²) in [5.74, 6) is -1.51.